The van der Waals surface area contributed by atoms with Crippen molar-refractivity contribution in [2.75, 3.05) is 49.8 Å². The number of hydrogen-bond acceptors (Lipinski definition) is 4. The normalized spacial score (nSPS) is 16.1. The second-order valence-corrected chi connectivity index (χ2v) is 8.65. The number of rotatable bonds is 6. The van der Waals surface area contributed by atoms with E-state index in [0.717, 1.165) is 31.5 Å². The van der Waals surface area contributed by atoms with Gasteiger partial charge in [0.15, 0.2) is 0 Å². The summed E-state index contributed by atoms with van der Waals surface area (Å²) in [6, 6.07) is 5.12. The van der Waals surface area contributed by atoms with Crippen molar-refractivity contribution in [2.45, 2.75) is 20.3 Å². The summed E-state index contributed by atoms with van der Waals surface area (Å²) in [4.78, 5) is 16.5. The molecule has 1 aromatic carbocycles. The predicted molar refractivity (Wildman–Crippen MR) is 102 cm³/mol. The number of benzene rings is 1. The SMILES string of the molecule is CCN1CCN(C(=O)CCN(c2ccc(C)c(Cl)c2)S(C)(=O)=O)CC1. The number of hydrogen-bond donors (Lipinski definition) is 0. The van der Waals surface area contributed by atoms with Gasteiger partial charge in [0.1, 0.15) is 0 Å². The van der Waals surface area contributed by atoms with Gasteiger partial charge in [-0.25, -0.2) is 8.42 Å². The van der Waals surface area contributed by atoms with Crippen LogP contribution < -0.4 is 4.31 Å². The number of sulfonamides is 1. The second kappa shape index (κ2) is 8.38. The quantitative estimate of drug-likeness (QED) is 0.748. The van der Waals surface area contributed by atoms with E-state index in [0.29, 0.717) is 23.8 Å². The van der Waals surface area contributed by atoms with Crippen LogP contribution in [-0.2, 0) is 14.8 Å². The lowest BCUT2D eigenvalue weighted by Crippen LogP contribution is -2.49. The molecular formula is C17H26ClN3O3S. The number of halogens is 1. The van der Waals surface area contributed by atoms with Crippen LogP contribution >= 0.6 is 11.6 Å². The fourth-order valence-corrected chi connectivity index (χ4v) is 3.99. The first-order valence-corrected chi connectivity index (χ1v) is 10.7. The van der Waals surface area contributed by atoms with Crippen molar-refractivity contribution in [3.8, 4) is 0 Å². The van der Waals surface area contributed by atoms with Gasteiger partial charge >= 0.3 is 0 Å². The number of piperazine rings is 1. The summed E-state index contributed by atoms with van der Waals surface area (Å²) in [5.41, 5.74) is 1.37. The predicted octanol–water partition coefficient (Wildman–Crippen LogP) is 1.97. The van der Waals surface area contributed by atoms with Crippen molar-refractivity contribution in [1.82, 2.24) is 9.80 Å². The molecule has 0 radical (unpaired) electrons. The number of likely N-dealkylation sites (N-methyl/N-ethyl adjacent to an activating group) is 1. The topological polar surface area (TPSA) is 60.9 Å². The summed E-state index contributed by atoms with van der Waals surface area (Å²) in [5.74, 6) is -0.0115. The van der Waals surface area contributed by atoms with Gasteiger partial charge in [-0.15, -0.1) is 0 Å². The third kappa shape index (κ3) is 5.33. The molecule has 1 aromatic rings. The lowest BCUT2D eigenvalue weighted by Gasteiger charge is -2.34. The lowest BCUT2D eigenvalue weighted by atomic mass is 10.2. The number of carbonyl (C=O) groups is 1. The van der Waals surface area contributed by atoms with Gasteiger partial charge in [-0.1, -0.05) is 24.6 Å². The minimum absolute atomic E-state index is 0.0115. The van der Waals surface area contributed by atoms with Crippen LogP contribution in [0.5, 0.6) is 0 Å². The molecule has 25 heavy (non-hydrogen) atoms. The Morgan fingerprint density at radius 2 is 1.88 bits per heavy atom. The van der Waals surface area contributed by atoms with E-state index in [2.05, 4.69) is 11.8 Å². The first-order valence-electron chi connectivity index (χ1n) is 8.46. The molecule has 6 nitrogen and oxygen atoms in total. The molecule has 1 heterocycles. The zero-order chi connectivity index (χ0) is 18.6. The van der Waals surface area contributed by atoms with Crippen molar-refractivity contribution in [3.63, 3.8) is 0 Å². The minimum Gasteiger partial charge on any atom is -0.340 e. The number of aryl methyl sites for hydroxylation is 1. The van der Waals surface area contributed by atoms with E-state index in [4.69, 9.17) is 11.6 Å². The Bertz CT molecular complexity index is 716. The summed E-state index contributed by atoms with van der Waals surface area (Å²) in [5, 5.41) is 0.508. The second-order valence-electron chi connectivity index (χ2n) is 6.33. The van der Waals surface area contributed by atoms with Crippen molar-refractivity contribution < 1.29 is 13.2 Å². The fourth-order valence-electron chi connectivity index (χ4n) is 2.89. The van der Waals surface area contributed by atoms with Gasteiger partial charge in [0.25, 0.3) is 0 Å². The van der Waals surface area contributed by atoms with Crippen molar-refractivity contribution in [2.24, 2.45) is 0 Å². The largest absolute Gasteiger partial charge is 0.340 e. The molecular weight excluding hydrogens is 362 g/mol. The molecule has 1 amide bonds. The Hall–Kier alpha value is -1.31. The minimum atomic E-state index is -3.49. The molecule has 2 rings (SSSR count). The third-order valence-corrected chi connectivity index (χ3v) is 6.15. The molecule has 1 aliphatic rings. The van der Waals surface area contributed by atoms with Crippen LogP contribution in [0.15, 0.2) is 18.2 Å². The fraction of sp³-hybridized carbons (Fsp3) is 0.588. The maximum atomic E-state index is 12.4. The lowest BCUT2D eigenvalue weighted by molar-refractivity contribution is -0.132. The Morgan fingerprint density at radius 1 is 1.24 bits per heavy atom. The van der Waals surface area contributed by atoms with Crippen LogP contribution in [0.3, 0.4) is 0 Å². The van der Waals surface area contributed by atoms with Gasteiger partial charge in [0.2, 0.25) is 15.9 Å². The number of carbonyl (C=O) groups excluding carboxylic acids is 1. The van der Waals surface area contributed by atoms with Crippen LogP contribution in [0.2, 0.25) is 5.02 Å². The summed E-state index contributed by atoms with van der Waals surface area (Å²) in [6.45, 7) is 8.19. The monoisotopic (exact) mass is 387 g/mol. The average Bonchev–Trinajstić information content (AvgIpc) is 2.57. The van der Waals surface area contributed by atoms with E-state index >= 15 is 0 Å². The average molecular weight is 388 g/mol. The van der Waals surface area contributed by atoms with Crippen molar-refractivity contribution in [1.29, 1.82) is 0 Å². The highest BCUT2D eigenvalue weighted by atomic mass is 35.5. The maximum Gasteiger partial charge on any atom is 0.232 e. The molecule has 0 aromatic heterocycles. The zero-order valence-electron chi connectivity index (χ0n) is 15.0. The highest BCUT2D eigenvalue weighted by Gasteiger charge is 2.23. The van der Waals surface area contributed by atoms with Crippen LogP contribution in [0.25, 0.3) is 0 Å². The number of anilines is 1. The molecule has 1 saturated heterocycles. The van der Waals surface area contributed by atoms with E-state index in [1.54, 1.807) is 18.2 Å². The van der Waals surface area contributed by atoms with E-state index in [9.17, 15) is 13.2 Å². The van der Waals surface area contributed by atoms with E-state index < -0.39 is 10.0 Å². The molecule has 0 unspecified atom stereocenters. The molecule has 8 heteroatoms. The van der Waals surface area contributed by atoms with E-state index in [1.165, 1.54) is 4.31 Å². The number of nitrogens with zero attached hydrogens (tertiary/aromatic N) is 3. The van der Waals surface area contributed by atoms with Crippen molar-refractivity contribution in [3.05, 3.63) is 28.8 Å². The number of amides is 1. The highest BCUT2D eigenvalue weighted by Crippen LogP contribution is 2.25. The van der Waals surface area contributed by atoms with Crippen LogP contribution in [-0.4, -0.2) is 69.6 Å². The molecule has 1 aliphatic heterocycles. The third-order valence-electron chi connectivity index (χ3n) is 4.54. The Labute approximate surface area is 155 Å². The maximum absolute atomic E-state index is 12.4. The van der Waals surface area contributed by atoms with E-state index in [-0.39, 0.29) is 18.9 Å². The summed E-state index contributed by atoms with van der Waals surface area (Å²) < 4.78 is 25.5. The van der Waals surface area contributed by atoms with Crippen LogP contribution in [0.1, 0.15) is 18.9 Å². The van der Waals surface area contributed by atoms with Gasteiger partial charge in [-0.05, 0) is 31.2 Å². The van der Waals surface area contributed by atoms with Gasteiger partial charge < -0.3 is 9.80 Å². The van der Waals surface area contributed by atoms with Crippen LogP contribution in [0, 0.1) is 6.92 Å². The van der Waals surface area contributed by atoms with Crippen molar-refractivity contribution >= 4 is 33.2 Å². The molecule has 1 fully saturated rings. The van der Waals surface area contributed by atoms with Gasteiger partial charge in [0.05, 0.1) is 11.9 Å². The molecule has 0 saturated carbocycles. The Balaban J connectivity index is 2.03. The Kier molecular flexibility index (Phi) is 6.71. The van der Waals surface area contributed by atoms with Gasteiger partial charge in [0, 0.05) is 44.2 Å². The molecule has 0 spiro atoms. The summed E-state index contributed by atoms with van der Waals surface area (Å²) in [7, 11) is -3.49. The van der Waals surface area contributed by atoms with Gasteiger partial charge in [-0.3, -0.25) is 9.10 Å². The molecule has 0 aliphatic carbocycles. The summed E-state index contributed by atoms with van der Waals surface area (Å²) >= 11 is 6.12. The first kappa shape index (κ1) is 20.0. The zero-order valence-corrected chi connectivity index (χ0v) is 16.6. The first-order chi connectivity index (χ1) is 11.7. The molecule has 140 valence electrons. The molecule has 0 atom stereocenters. The van der Waals surface area contributed by atoms with E-state index in [1.807, 2.05) is 11.8 Å². The summed E-state index contributed by atoms with van der Waals surface area (Å²) in [6.07, 6.45) is 1.30. The van der Waals surface area contributed by atoms with Crippen LogP contribution in [0.4, 0.5) is 5.69 Å². The Morgan fingerprint density at radius 3 is 2.40 bits per heavy atom. The molecule has 0 bridgehead atoms. The van der Waals surface area contributed by atoms with Gasteiger partial charge in [-0.2, -0.15) is 0 Å². The highest BCUT2D eigenvalue weighted by molar-refractivity contribution is 7.92. The molecule has 0 N–H and O–H groups in total. The smallest absolute Gasteiger partial charge is 0.232 e. The standard InChI is InChI=1S/C17H26ClN3O3S/c1-4-19-9-11-20(12-10-19)17(22)7-8-21(25(3,23)24)15-6-5-14(2)16(18)13-15/h5-6,13H,4,7-12H2,1-3H3.